The van der Waals surface area contributed by atoms with Gasteiger partial charge in [-0.05, 0) is 57.6 Å². The highest BCUT2D eigenvalue weighted by molar-refractivity contribution is 6.21. The summed E-state index contributed by atoms with van der Waals surface area (Å²) in [6, 6.07) is 70.7. The van der Waals surface area contributed by atoms with Crippen molar-refractivity contribution in [2.24, 2.45) is 0 Å². The monoisotopic (exact) mass is 725 g/mol. The summed E-state index contributed by atoms with van der Waals surface area (Å²) in [5.74, 6) is 0. The predicted octanol–water partition coefficient (Wildman–Crippen LogP) is 14.9. The molecule has 0 aliphatic heterocycles. The highest BCUT2D eigenvalue weighted by Crippen LogP contribution is 2.53. The van der Waals surface area contributed by atoms with Gasteiger partial charge in [-0.1, -0.05) is 170 Å². The average Bonchev–Trinajstić information content (AvgIpc) is 3.98. The van der Waals surface area contributed by atoms with Crippen LogP contribution in [0.2, 0.25) is 0 Å². The Balaban J connectivity index is 1.33. The molecular formula is C54H35N3. The molecule has 0 saturated heterocycles. The highest BCUT2D eigenvalue weighted by atomic mass is 14.7. The number of aromatic amines is 3. The fraction of sp³-hybridized carbons (Fsp3) is 0. The van der Waals surface area contributed by atoms with Crippen molar-refractivity contribution in [3.63, 3.8) is 0 Å². The van der Waals surface area contributed by atoms with Crippen molar-refractivity contribution in [1.29, 1.82) is 0 Å². The molecule has 0 bridgehead atoms. The molecule has 3 heterocycles. The zero-order valence-corrected chi connectivity index (χ0v) is 31.0. The van der Waals surface area contributed by atoms with Gasteiger partial charge >= 0.3 is 0 Å². The Morgan fingerprint density at radius 3 is 0.982 bits per heavy atom. The van der Waals surface area contributed by atoms with Gasteiger partial charge in [0.1, 0.15) is 0 Å². The quantitative estimate of drug-likeness (QED) is 0.158. The first-order valence-corrected chi connectivity index (χ1v) is 19.6. The summed E-state index contributed by atoms with van der Waals surface area (Å²) in [6.45, 7) is 0. The van der Waals surface area contributed by atoms with E-state index < -0.39 is 0 Å². The molecule has 3 N–H and O–H groups in total. The number of benzene rings is 9. The summed E-state index contributed by atoms with van der Waals surface area (Å²) < 4.78 is 0. The fourth-order valence-corrected chi connectivity index (χ4v) is 9.46. The molecule has 12 rings (SSSR count). The molecule has 3 nitrogen and oxygen atoms in total. The van der Waals surface area contributed by atoms with E-state index in [1.165, 1.54) is 60.1 Å². The molecule has 0 fully saturated rings. The number of aromatic nitrogens is 3. The van der Waals surface area contributed by atoms with Crippen molar-refractivity contribution in [3.8, 4) is 55.6 Å². The van der Waals surface area contributed by atoms with Crippen LogP contribution in [0.5, 0.6) is 0 Å². The smallest absolute Gasteiger partial charge is 0.0544 e. The molecule has 3 aromatic heterocycles. The first-order chi connectivity index (χ1) is 28.3. The minimum Gasteiger partial charge on any atom is -0.354 e. The number of fused-ring (bicyclic) bond motifs is 9. The zero-order chi connectivity index (χ0) is 37.5. The summed E-state index contributed by atoms with van der Waals surface area (Å²) >= 11 is 0. The molecule has 57 heavy (non-hydrogen) atoms. The SMILES string of the molecule is c1ccc(-c2c(-c3cccc4c3[nH]c3ccccc34)cc(-c3cccc4c3[nH]c3ccccc34)c(-c3ccccc3)c2-c2cccc3c2[nH]c2ccccc23)cc1. The second-order valence-electron chi connectivity index (χ2n) is 15.0. The Labute approximate surface area is 328 Å². The lowest BCUT2D eigenvalue weighted by molar-refractivity contribution is 1.50. The first kappa shape index (κ1) is 31.7. The second kappa shape index (κ2) is 12.5. The normalized spacial score (nSPS) is 11.9. The lowest BCUT2D eigenvalue weighted by atomic mass is 9.78. The molecule has 0 radical (unpaired) electrons. The van der Waals surface area contributed by atoms with Crippen LogP contribution in [0, 0.1) is 0 Å². The number of rotatable bonds is 5. The third-order valence-electron chi connectivity index (χ3n) is 11.9. The average molecular weight is 726 g/mol. The number of H-pyrrole nitrogens is 3. The van der Waals surface area contributed by atoms with Gasteiger partial charge in [0, 0.05) is 71.1 Å². The van der Waals surface area contributed by atoms with Crippen LogP contribution >= 0.6 is 0 Å². The van der Waals surface area contributed by atoms with Crippen LogP contribution in [-0.4, -0.2) is 15.0 Å². The molecule has 0 saturated carbocycles. The van der Waals surface area contributed by atoms with Gasteiger partial charge < -0.3 is 15.0 Å². The van der Waals surface area contributed by atoms with Gasteiger partial charge in [-0.2, -0.15) is 0 Å². The number of hydrogen-bond donors (Lipinski definition) is 3. The molecule has 0 atom stereocenters. The Hall–Kier alpha value is -7.62. The van der Waals surface area contributed by atoms with Gasteiger partial charge in [0.25, 0.3) is 0 Å². The Bertz CT molecular complexity index is 3330. The van der Waals surface area contributed by atoms with Gasteiger partial charge in [0.05, 0.1) is 16.6 Å². The van der Waals surface area contributed by atoms with Crippen molar-refractivity contribution < 1.29 is 0 Å². The summed E-state index contributed by atoms with van der Waals surface area (Å²) in [4.78, 5) is 11.6. The maximum atomic E-state index is 3.90. The van der Waals surface area contributed by atoms with Crippen LogP contribution in [0.15, 0.2) is 194 Å². The van der Waals surface area contributed by atoms with E-state index >= 15 is 0 Å². The first-order valence-electron chi connectivity index (χ1n) is 19.6. The minimum absolute atomic E-state index is 1.13. The molecular weight excluding hydrogens is 691 g/mol. The summed E-state index contributed by atoms with van der Waals surface area (Å²) in [6.07, 6.45) is 0. The van der Waals surface area contributed by atoms with Gasteiger partial charge in [0.15, 0.2) is 0 Å². The van der Waals surface area contributed by atoms with Crippen molar-refractivity contribution in [3.05, 3.63) is 194 Å². The molecule has 9 aromatic carbocycles. The number of nitrogens with one attached hydrogen (secondary N) is 3. The lowest BCUT2D eigenvalue weighted by Crippen LogP contribution is -1.99. The van der Waals surface area contributed by atoms with Crippen LogP contribution in [0.25, 0.3) is 121 Å². The number of para-hydroxylation sites is 6. The third-order valence-corrected chi connectivity index (χ3v) is 11.9. The summed E-state index contributed by atoms with van der Waals surface area (Å²) in [7, 11) is 0. The van der Waals surface area contributed by atoms with E-state index in [4.69, 9.17) is 0 Å². The standard InChI is InChI=1S/C54H35N3/c1-3-16-33(17-4-1)49-44(41-26-13-23-38-35-20-7-10-29-46(35)55-52(38)41)32-45(42-27-14-24-39-36-21-8-11-30-47(36)56-53(39)42)50(34-18-5-2-6-19-34)51(49)43-28-15-25-40-37-22-9-12-31-48(37)57-54(40)43/h1-32,55-57H. The maximum Gasteiger partial charge on any atom is 0.0544 e. The van der Waals surface area contributed by atoms with Gasteiger partial charge in [-0.3, -0.25) is 0 Å². The van der Waals surface area contributed by atoms with Crippen LogP contribution in [0.3, 0.4) is 0 Å². The predicted molar refractivity (Wildman–Crippen MR) is 242 cm³/mol. The molecule has 0 aliphatic rings. The maximum absolute atomic E-state index is 3.90. The third kappa shape index (κ3) is 4.79. The number of hydrogen-bond acceptors (Lipinski definition) is 0. The molecule has 0 spiro atoms. The summed E-state index contributed by atoms with van der Waals surface area (Å²) in [5.41, 5.74) is 18.5. The van der Waals surface area contributed by atoms with Crippen LogP contribution < -0.4 is 0 Å². The molecule has 3 heteroatoms. The molecule has 0 unspecified atom stereocenters. The van der Waals surface area contributed by atoms with E-state index in [1.807, 2.05) is 0 Å². The van der Waals surface area contributed by atoms with E-state index in [2.05, 4.69) is 209 Å². The van der Waals surface area contributed by atoms with Crippen LogP contribution in [0.1, 0.15) is 0 Å². The van der Waals surface area contributed by atoms with Crippen LogP contribution in [-0.2, 0) is 0 Å². The Kier molecular flexibility index (Phi) is 6.93. The van der Waals surface area contributed by atoms with Crippen molar-refractivity contribution in [2.45, 2.75) is 0 Å². The van der Waals surface area contributed by atoms with Gasteiger partial charge in [-0.25, -0.2) is 0 Å². The Morgan fingerprint density at radius 2 is 0.561 bits per heavy atom. The van der Waals surface area contributed by atoms with E-state index in [9.17, 15) is 0 Å². The fourth-order valence-electron chi connectivity index (χ4n) is 9.46. The van der Waals surface area contributed by atoms with Gasteiger partial charge in [0.2, 0.25) is 0 Å². The van der Waals surface area contributed by atoms with Gasteiger partial charge in [-0.15, -0.1) is 0 Å². The van der Waals surface area contributed by atoms with E-state index in [0.717, 1.165) is 60.9 Å². The summed E-state index contributed by atoms with van der Waals surface area (Å²) in [5, 5.41) is 7.31. The second-order valence-corrected chi connectivity index (χ2v) is 15.0. The van der Waals surface area contributed by atoms with E-state index in [-0.39, 0.29) is 0 Å². The molecule has 266 valence electrons. The molecule has 0 aliphatic carbocycles. The van der Waals surface area contributed by atoms with E-state index in [1.54, 1.807) is 0 Å². The molecule has 12 aromatic rings. The largest absolute Gasteiger partial charge is 0.354 e. The topological polar surface area (TPSA) is 47.4 Å². The van der Waals surface area contributed by atoms with Crippen molar-refractivity contribution >= 4 is 65.4 Å². The van der Waals surface area contributed by atoms with Crippen molar-refractivity contribution in [2.75, 3.05) is 0 Å². The highest BCUT2D eigenvalue weighted by Gasteiger charge is 2.27. The Morgan fingerprint density at radius 1 is 0.228 bits per heavy atom. The minimum atomic E-state index is 1.13. The zero-order valence-electron chi connectivity index (χ0n) is 31.0. The van der Waals surface area contributed by atoms with Crippen molar-refractivity contribution in [1.82, 2.24) is 15.0 Å². The lowest BCUT2D eigenvalue weighted by Gasteiger charge is -2.25. The molecule has 0 amide bonds. The van der Waals surface area contributed by atoms with Crippen LogP contribution in [0.4, 0.5) is 0 Å². The van der Waals surface area contributed by atoms with E-state index in [0.29, 0.717) is 0 Å².